The van der Waals surface area contributed by atoms with Crippen LogP contribution >= 0.6 is 15.2 Å². The largest absolute Gasteiger partial charge is 0.442 e. The van der Waals surface area contributed by atoms with Crippen LogP contribution in [0.3, 0.4) is 0 Å². The molecule has 0 saturated carbocycles. The van der Waals surface area contributed by atoms with Gasteiger partial charge < -0.3 is 29.4 Å². The number of amides is 1. The molecule has 0 heterocycles. The third-order valence-electron chi connectivity index (χ3n) is 1.75. The third-order valence-corrected chi connectivity index (χ3v) is 5.44. The van der Waals surface area contributed by atoms with E-state index >= 15 is 0 Å². The van der Waals surface area contributed by atoms with Crippen LogP contribution in [0.4, 0.5) is 4.79 Å². The van der Waals surface area contributed by atoms with Gasteiger partial charge in [-0.2, -0.15) is 5.48 Å². The number of hydroxylamine groups is 1. The lowest BCUT2D eigenvalue weighted by Crippen LogP contribution is -2.39. The second-order valence-electron chi connectivity index (χ2n) is 4.76. The zero-order chi connectivity index (χ0) is 16.4. The lowest BCUT2D eigenvalue weighted by atomic mass is 10.2. The van der Waals surface area contributed by atoms with Crippen molar-refractivity contribution in [1.29, 1.82) is 0 Å². The van der Waals surface area contributed by atoms with E-state index in [0.29, 0.717) is 0 Å². The molecule has 0 rings (SSSR count). The Balaban J connectivity index is 4.73. The zero-order valence-corrected chi connectivity index (χ0v) is 12.7. The number of aliphatic hydroxyl groups is 1. The Morgan fingerprint density at radius 1 is 1.10 bits per heavy atom. The van der Waals surface area contributed by atoms with Gasteiger partial charge in [0.05, 0.1) is 0 Å². The van der Waals surface area contributed by atoms with Gasteiger partial charge in [-0.3, -0.25) is 14.0 Å². The SMILES string of the molecule is CC(C)(C)OC(=O)NOCC(O)(P(=O)(O)O)P(=O)(O)O. The number of rotatable bonds is 5. The second kappa shape index (κ2) is 6.08. The Kier molecular flexibility index (Phi) is 5.93. The maximum Gasteiger partial charge on any atom is 0.431 e. The molecule has 0 aromatic heterocycles. The van der Waals surface area contributed by atoms with E-state index in [2.05, 4.69) is 9.57 Å². The molecule has 13 heteroatoms. The molecule has 0 saturated heterocycles. The fourth-order valence-electron chi connectivity index (χ4n) is 0.829. The van der Waals surface area contributed by atoms with Crippen molar-refractivity contribution < 1.29 is 48.2 Å². The summed E-state index contributed by atoms with van der Waals surface area (Å²) in [5, 5.41) is 5.62. The molecule has 0 atom stereocenters. The quantitative estimate of drug-likeness (QED) is 0.281. The summed E-state index contributed by atoms with van der Waals surface area (Å²) >= 11 is 0. The second-order valence-corrected chi connectivity index (χ2v) is 8.76. The zero-order valence-electron chi connectivity index (χ0n) is 10.9. The van der Waals surface area contributed by atoms with Crippen molar-refractivity contribution >= 4 is 21.3 Å². The van der Waals surface area contributed by atoms with Gasteiger partial charge in [0.1, 0.15) is 12.2 Å². The van der Waals surface area contributed by atoms with E-state index in [0.717, 1.165) is 0 Å². The van der Waals surface area contributed by atoms with Crippen molar-refractivity contribution in [2.45, 2.75) is 31.5 Å². The van der Waals surface area contributed by atoms with E-state index in [-0.39, 0.29) is 0 Å². The summed E-state index contributed by atoms with van der Waals surface area (Å²) in [5.41, 5.74) is 0.639. The molecule has 0 aromatic carbocycles. The fraction of sp³-hybridized carbons (Fsp3) is 0.857. The van der Waals surface area contributed by atoms with E-state index in [4.69, 9.17) is 19.6 Å². The van der Waals surface area contributed by atoms with E-state index in [1.54, 1.807) is 0 Å². The number of carbonyl (C=O) groups is 1. The van der Waals surface area contributed by atoms with Gasteiger partial charge in [-0.15, -0.1) is 0 Å². The first kappa shape index (κ1) is 19.5. The monoisotopic (exact) mass is 337 g/mol. The van der Waals surface area contributed by atoms with Crippen LogP contribution in [0.2, 0.25) is 0 Å². The van der Waals surface area contributed by atoms with Gasteiger partial charge in [0, 0.05) is 0 Å². The lowest BCUT2D eigenvalue weighted by Gasteiger charge is -2.28. The molecule has 6 N–H and O–H groups in total. The van der Waals surface area contributed by atoms with Crippen LogP contribution in [0.1, 0.15) is 20.8 Å². The van der Waals surface area contributed by atoms with Crippen LogP contribution in [0.15, 0.2) is 0 Å². The van der Waals surface area contributed by atoms with Crippen molar-refractivity contribution in [2.24, 2.45) is 0 Å². The van der Waals surface area contributed by atoms with Crippen molar-refractivity contribution in [3.05, 3.63) is 0 Å². The molecule has 0 spiro atoms. The summed E-state index contributed by atoms with van der Waals surface area (Å²) in [4.78, 5) is 50.4. The van der Waals surface area contributed by atoms with Crippen molar-refractivity contribution in [2.75, 3.05) is 6.61 Å². The summed E-state index contributed by atoms with van der Waals surface area (Å²) in [6.45, 7) is 3.03. The molecule has 0 aliphatic heterocycles. The first-order valence-corrected chi connectivity index (χ1v) is 8.27. The molecule has 1 amide bonds. The predicted octanol–water partition coefficient (Wildman–Crippen LogP) is -0.556. The highest BCUT2D eigenvalue weighted by molar-refractivity contribution is 7.72. The van der Waals surface area contributed by atoms with Crippen LogP contribution in [0, 0.1) is 0 Å². The molecule has 0 aliphatic carbocycles. The molecule has 0 radical (unpaired) electrons. The number of carbonyl (C=O) groups excluding carboxylic acids is 1. The minimum atomic E-state index is -5.63. The molecule has 0 fully saturated rings. The molecule has 0 unspecified atom stereocenters. The summed E-state index contributed by atoms with van der Waals surface area (Å²) in [6, 6.07) is 0. The Hall–Kier alpha value is -0.510. The van der Waals surface area contributed by atoms with Gasteiger partial charge in [-0.1, -0.05) is 0 Å². The van der Waals surface area contributed by atoms with Crippen LogP contribution in [0.25, 0.3) is 0 Å². The maximum absolute atomic E-state index is 11.1. The predicted molar refractivity (Wildman–Crippen MR) is 64.4 cm³/mol. The first-order valence-electron chi connectivity index (χ1n) is 5.04. The minimum Gasteiger partial charge on any atom is -0.442 e. The number of ether oxygens (including phenoxy) is 1. The van der Waals surface area contributed by atoms with E-state index in [1.807, 2.05) is 0 Å². The topological polar surface area (TPSA) is 183 Å². The summed E-state index contributed by atoms with van der Waals surface area (Å²) < 4.78 is 26.5. The lowest BCUT2D eigenvalue weighted by molar-refractivity contribution is -0.0392. The summed E-state index contributed by atoms with van der Waals surface area (Å²) in [5.74, 6) is 0. The van der Waals surface area contributed by atoms with Crippen molar-refractivity contribution in [3.63, 3.8) is 0 Å². The average molecular weight is 337 g/mol. The van der Waals surface area contributed by atoms with Crippen LogP contribution in [0.5, 0.6) is 0 Å². The standard InChI is InChI=1S/C7H17NO10P2/c1-6(2,3)18-5(9)8-17-4-7(10,19(11,12)13)20(14,15)16/h10H,4H2,1-3H3,(H,8,9)(H2,11,12,13)(H2,14,15,16). The highest BCUT2D eigenvalue weighted by Crippen LogP contribution is 2.67. The van der Waals surface area contributed by atoms with E-state index < -0.39 is 38.6 Å². The molecule has 0 aromatic rings. The van der Waals surface area contributed by atoms with Crippen LogP contribution < -0.4 is 5.48 Å². The molecule has 0 bridgehead atoms. The minimum absolute atomic E-state index is 0.893. The Morgan fingerprint density at radius 3 is 1.80 bits per heavy atom. The van der Waals surface area contributed by atoms with Gasteiger partial charge in [-0.05, 0) is 20.8 Å². The molecule has 120 valence electrons. The Labute approximate surface area is 114 Å². The van der Waals surface area contributed by atoms with Gasteiger partial charge in [0.15, 0.2) is 0 Å². The van der Waals surface area contributed by atoms with E-state index in [1.165, 1.54) is 26.3 Å². The molecular weight excluding hydrogens is 320 g/mol. The fourth-order valence-corrected chi connectivity index (χ4v) is 2.65. The van der Waals surface area contributed by atoms with Crippen LogP contribution in [-0.2, 0) is 18.7 Å². The smallest absolute Gasteiger partial charge is 0.431 e. The molecule has 0 aliphatic rings. The molecule has 11 nitrogen and oxygen atoms in total. The number of hydrogen-bond donors (Lipinski definition) is 6. The highest BCUT2D eigenvalue weighted by Gasteiger charge is 2.60. The third kappa shape index (κ3) is 5.47. The number of hydrogen-bond acceptors (Lipinski definition) is 6. The Morgan fingerprint density at radius 2 is 1.50 bits per heavy atom. The highest BCUT2D eigenvalue weighted by atomic mass is 31.2. The molecular formula is C7H17NO10P2. The normalized spacial score (nSPS) is 14.0. The molecule has 20 heavy (non-hydrogen) atoms. The van der Waals surface area contributed by atoms with Gasteiger partial charge >= 0.3 is 21.3 Å². The first-order chi connectivity index (χ1) is 8.60. The summed E-state index contributed by atoms with van der Waals surface area (Å²) in [6.07, 6.45) is -1.17. The van der Waals surface area contributed by atoms with Crippen molar-refractivity contribution in [3.8, 4) is 0 Å². The maximum atomic E-state index is 11.1. The van der Waals surface area contributed by atoms with Crippen LogP contribution in [-0.4, -0.2) is 48.1 Å². The van der Waals surface area contributed by atoms with Gasteiger partial charge in [0.25, 0.3) is 5.08 Å². The summed E-state index contributed by atoms with van der Waals surface area (Å²) in [7, 11) is -11.3. The average Bonchev–Trinajstić information content (AvgIpc) is 2.10. The van der Waals surface area contributed by atoms with E-state index in [9.17, 15) is 19.0 Å². The van der Waals surface area contributed by atoms with Crippen molar-refractivity contribution in [1.82, 2.24) is 5.48 Å². The Bertz CT molecular complexity index is 423. The van der Waals surface area contributed by atoms with Gasteiger partial charge in [-0.25, -0.2) is 4.79 Å². The number of nitrogens with one attached hydrogen (secondary N) is 1. The van der Waals surface area contributed by atoms with Gasteiger partial charge in [0.2, 0.25) is 0 Å².